The Balaban J connectivity index is 0. The van der Waals surface area contributed by atoms with Crippen LogP contribution in [-0.2, 0) is 4.74 Å². The van der Waals surface area contributed by atoms with E-state index in [1.54, 1.807) is 7.11 Å². The molecule has 0 bridgehead atoms. The third kappa shape index (κ3) is 14.0. The molecule has 0 aromatic carbocycles. The van der Waals surface area contributed by atoms with Gasteiger partial charge in [-0.05, 0) is 25.7 Å². The van der Waals surface area contributed by atoms with Crippen molar-refractivity contribution in [2.24, 2.45) is 10.7 Å². The van der Waals surface area contributed by atoms with Crippen LogP contribution in [0, 0.1) is 0 Å². The van der Waals surface area contributed by atoms with Crippen LogP contribution in [0.25, 0.3) is 0 Å². The van der Waals surface area contributed by atoms with Crippen LogP contribution < -0.4 is 11.1 Å². The lowest BCUT2D eigenvalue weighted by molar-refractivity contribution is 0.192. The second kappa shape index (κ2) is 15.0. The first-order valence-electron chi connectivity index (χ1n) is 5.84. The highest BCUT2D eigenvalue weighted by atomic mass is 127. The third-order valence-corrected chi connectivity index (χ3v) is 2.13. The molecular weight excluding hydrogens is 317 g/mol. The molecule has 0 saturated carbocycles. The molecule has 4 nitrogen and oxygen atoms in total. The topological polar surface area (TPSA) is 59.6 Å². The summed E-state index contributed by atoms with van der Waals surface area (Å²) in [6, 6.07) is 0. The minimum atomic E-state index is 0. The third-order valence-electron chi connectivity index (χ3n) is 2.13. The Labute approximate surface area is 116 Å². The van der Waals surface area contributed by atoms with Gasteiger partial charge in [0.15, 0.2) is 5.96 Å². The van der Waals surface area contributed by atoms with Gasteiger partial charge >= 0.3 is 0 Å². The number of hydrogen-bond donors (Lipinski definition) is 2. The van der Waals surface area contributed by atoms with E-state index in [9.17, 15) is 0 Å². The first-order valence-corrected chi connectivity index (χ1v) is 5.84. The van der Waals surface area contributed by atoms with Crippen molar-refractivity contribution in [2.75, 3.05) is 26.8 Å². The van der Waals surface area contributed by atoms with Crippen LogP contribution in [0.4, 0.5) is 0 Å². The number of aliphatic imine (C=N–C) groups is 1. The molecule has 5 heteroatoms. The van der Waals surface area contributed by atoms with Crippen LogP contribution >= 0.6 is 24.0 Å². The van der Waals surface area contributed by atoms with E-state index in [1.807, 2.05) is 0 Å². The second-order valence-corrected chi connectivity index (χ2v) is 3.60. The van der Waals surface area contributed by atoms with Gasteiger partial charge in [-0.15, -0.1) is 24.0 Å². The summed E-state index contributed by atoms with van der Waals surface area (Å²) in [7, 11) is 1.73. The van der Waals surface area contributed by atoms with E-state index >= 15 is 0 Å². The average Bonchev–Trinajstić information content (AvgIpc) is 2.23. The number of guanidine groups is 1. The van der Waals surface area contributed by atoms with Crippen molar-refractivity contribution in [2.45, 2.75) is 39.0 Å². The van der Waals surface area contributed by atoms with Gasteiger partial charge in [-0.1, -0.05) is 13.3 Å². The molecule has 3 N–H and O–H groups in total. The largest absolute Gasteiger partial charge is 0.385 e. The van der Waals surface area contributed by atoms with Crippen molar-refractivity contribution in [3.63, 3.8) is 0 Å². The predicted molar refractivity (Wildman–Crippen MR) is 80.5 cm³/mol. The van der Waals surface area contributed by atoms with Crippen LogP contribution in [0.2, 0.25) is 0 Å². The Bertz CT molecular complexity index is 165. The Kier molecular flexibility index (Phi) is 17.1. The molecule has 0 aliphatic rings. The van der Waals surface area contributed by atoms with Crippen molar-refractivity contribution >= 4 is 29.9 Å². The minimum absolute atomic E-state index is 0. The van der Waals surface area contributed by atoms with Crippen LogP contribution in [0.15, 0.2) is 4.99 Å². The summed E-state index contributed by atoms with van der Waals surface area (Å²) >= 11 is 0. The summed E-state index contributed by atoms with van der Waals surface area (Å²) in [6.07, 6.45) is 5.66. The zero-order valence-corrected chi connectivity index (χ0v) is 12.8. The Hall–Kier alpha value is -0.0400. The first-order chi connectivity index (χ1) is 7.31. The number of nitrogens with zero attached hydrogens (tertiary/aromatic N) is 1. The van der Waals surface area contributed by atoms with E-state index in [-0.39, 0.29) is 24.0 Å². The fraction of sp³-hybridized carbons (Fsp3) is 0.909. The van der Waals surface area contributed by atoms with Crippen LogP contribution in [0.5, 0.6) is 0 Å². The van der Waals surface area contributed by atoms with Crippen molar-refractivity contribution in [3.8, 4) is 0 Å². The van der Waals surface area contributed by atoms with Gasteiger partial charge in [0, 0.05) is 26.8 Å². The van der Waals surface area contributed by atoms with Crippen molar-refractivity contribution in [1.82, 2.24) is 5.32 Å². The highest BCUT2D eigenvalue weighted by Crippen LogP contribution is 1.95. The fourth-order valence-electron chi connectivity index (χ4n) is 1.18. The van der Waals surface area contributed by atoms with Crippen molar-refractivity contribution in [1.29, 1.82) is 0 Å². The highest BCUT2D eigenvalue weighted by Gasteiger charge is 1.91. The summed E-state index contributed by atoms with van der Waals surface area (Å²) in [6.45, 7) is 4.74. The number of nitrogens with two attached hydrogens (primary N) is 1. The predicted octanol–water partition coefficient (Wildman–Crippen LogP) is 2.13. The Morgan fingerprint density at radius 2 is 2.00 bits per heavy atom. The van der Waals surface area contributed by atoms with E-state index in [0.717, 1.165) is 45.4 Å². The summed E-state index contributed by atoms with van der Waals surface area (Å²) in [5.74, 6) is 0.579. The summed E-state index contributed by atoms with van der Waals surface area (Å²) in [5, 5.41) is 3.09. The Morgan fingerprint density at radius 3 is 2.62 bits per heavy atom. The van der Waals surface area contributed by atoms with Crippen molar-refractivity contribution < 1.29 is 4.74 Å². The maximum Gasteiger partial charge on any atom is 0.188 e. The standard InChI is InChI=1S/C11H25N3O.HI/c1-3-4-8-13-11(12)14-9-6-5-7-10-15-2;/h3-10H2,1-2H3,(H3,12,13,14);1H. The van der Waals surface area contributed by atoms with Gasteiger partial charge in [0.2, 0.25) is 0 Å². The van der Waals surface area contributed by atoms with E-state index in [4.69, 9.17) is 10.5 Å². The molecule has 98 valence electrons. The van der Waals surface area contributed by atoms with Gasteiger partial charge in [0.1, 0.15) is 0 Å². The number of nitrogens with one attached hydrogen (secondary N) is 1. The second-order valence-electron chi connectivity index (χ2n) is 3.60. The Morgan fingerprint density at radius 1 is 1.25 bits per heavy atom. The van der Waals surface area contributed by atoms with Crippen LogP contribution in [-0.4, -0.2) is 32.8 Å². The normalized spacial score (nSPS) is 11.0. The van der Waals surface area contributed by atoms with Gasteiger partial charge in [-0.2, -0.15) is 0 Å². The number of rotatable bonds is 9. The highest BCUT2D eigenvalue weighted by molar-refractivity contribution is 14.0. The molecule has 0 unspecified atom stereocenters. The number of halogens is 1. The molecule has 0 aliphatic heterocycles. The molecule has 16 heavy (non-hydrogen) atoms. The molecule has 0 aromatic rings. The molecule has 0 heterocycles. The summed E-state index contributed by atoms with van der Waals surface area (Å²) < 4.78 is 4.96. The van der Waals surface area contributed by atoms with E-state index < -0.39 is 0 Å². The quantitative estimate of drug-likeness (QED) is 0.292. The van der Waals surface area contributed by atoms with Crippen LogP contribution in [0.3, 0.4) is 0 Å². The summed E-state index contributed by atoms with van der Waals surface area (Å²) in [5.41, 5.74) is 5.67. The van der Waals surface area contributed by atoms with Gasteiger partial charge < -0.3 is 15.8 Å². The molecule has 0 atom stereocenters. The number of ether oxygens (including phenoxy) is 1. The SMILES string of the molecule is CCCCNC(N)=NCCCCCOC.I. The number of methoxy groups -OCH3 is 1. The minimum Gasteiger partial charge on any atom is -0.385 e. The molecular formula is C11H26IN3O. The summed E-state index contributed by atoms with van der Waals surface area (Å²) in [4.78, 5) is 4.24. The molecule has 0 rings (SSSR count). The number of unbranched alkanes of at least 4 members (excludes halogenated alkanes) is 3. The van der Waals surface area contributed by atoms with E-state index in [1.165, 1.54) is 6.42 Å². The van der Waals surface area contributed by atoms with Gasteiger partial charge in [-0.3, -0.25) is 4.99 Å². The van der Waals surface area contributed by atoms with Gasteiger partial charge in [0.05, 0.1) is 0 Å². The zero-order valence-electron chi connectivity index (χ0n) is 10.5. The lowest BCUT2D eigenvalue weighted by atomic mass is 10.2. The van der Waals surface area contributed by atoms with E-state index in [0.29, 0.717) is 5.96 Å². The molecule has 0 aromatic heterocycles. The first kappa shape index (κ1) is 18.3. The van der Waals surface area contributed by atoms with Crippen molar-refractivity contribution in [3.05, 3.63) is 0 Å². The molecule has 0 fully saturated rings. The number of hydrogen-bond acceptors (Lipinski definition) is 2. The lowest BCUT2D eigenvalue weighted by Crippen LogP contribution is -2.32. The van der Waals surface area contributed by atoms with Crippen LogP contribution in [0.1, 0.15) is 39.0 Å². The fourth-order valence-corrected chi connectivity index (χ4v) is 1.18. The lowest BCUT2D eigenvalue weighted by Gasteiger charge is -2.04. The molecule has 0 aliphatic carbocycles. The maximum atomic E-state index is 5.67. The molecule has 0 radical (unpaired) electrons. The smallest absolute Gasteiger partial charge is 0.188 e. The van der Waals surface area contributed by atoms with Gasteiger partial charge in [0.25, 0.3) is 0 Å². The molecule has 0 saturated heterocycles. The molecule has 0 amide bonds. The van der Waals surface area contributed by atoms with E-state index in [2.05, 4.69) is 17.2 Å². The van der Waals surface area contributed by atoms with Gasteiger partial charge in [-0.25, -0.2) is 0 Å². The molecule has 0 spiro atoms. The average molecular weight is 343 g/mol. The maximum absolute atomic E-state index is 5.67. The zero-order chi connectivity index (χ0) is 11.4. The monoisotopic (exact) mass is 343 g/mol.